The molecule has 0 radical (unpaired) electrons. The maximum Gasteiger partial charge on any atom is 0.0479 e. The van der Waals surface area contributed by atoms with Gasteiger partial charge in [0.2, 0.25) is 0 Å². The Balaban J connectivity index is 2.04. The van der Waals surface area contributed by atoms with Crippen LogP contribution in [0, 0.1) is 0 Å². The van der Waals surface area contributed by atoms with E-state index in [1.165, 1.54) is 18.4 Å². The van der Waals surface area contributed by atoms with Crippen molar-refractivity contribution in [3.05, 3.63) is 38.8 Å². The van der Waals surface area contributed by atoms with Crippen molar-refractivity contribution >= 4 is 33.6 Å². The van der Waals surface area contributed by atoms with Crippen molar-refractivity contribution in [3.63, 3.8) is 0 Å². The van der Waals surface area contributed by atoms with Gasteiger partial charge in [-0.25, -0.2) is 0 Å². The van der Waals surface area contributed by atoms with Crippen molar-refractivity contribution in [3.8, 4) is 0 Å². The molecule has 1 fully saturated rings. The van der Waals surface area contributed by atoms with E-state index in [1.54, 1.807) is 0 Å². The molecule has 0 atom stereocenters. The predicted octanol–water partition coefficient (Wildman–Crippen LogP) is 4.26. The van der Waals surface area contributed by atoms with E-state index in [0.717, 1.165) is 27.6 Å². The molecule has 1 N–H and O–H groups in total. The number of hydrogen-bond donors (Lipinski definition) is 1. The predicted molar refractivity (Wildman–Crippen MR) is 73.8 cm³/mol. The molecule has 0 spiro atoms. The molecule has 1 aromatic rings. The third-order valence-corrected chi connectivity index (χ3v) is 3.44. The number of nitrogens with one attached hydrogen (secondary N) is 1. The van der Waals surface area contributed by atoms with Crippen molar-refractivity contribution in [1.82, 2.24) is 5.32 Å². The van der Waals surface area contributed by atoms with Gasteiger partial charge in [0.05, 0.1) is 0 Å². The Labute approximate surface area is 110 Å². The van der Waals surface area contributed by atoms with Gasteiger partial charge >= 0.3 is 0 Å². The van der Waals surface area contributed by atoms with Crippen LogP contribution in [-0.2, 0) is 0 Å². The third kappa shape index (κ3) is 3.62. The summed E-state index contributed by atoms with van der Waals surface area (Å²) in [5, 5.41) is 4.29. The van der Waals surface area contributed by atoms with Gasteiger partial charge in [0.15, 0.2) is 0 Å². The summed E-state index contributed by atoms with van der Waals surface area (Å²) < 4.78 is 1.06. The summed E-state index contributed by atoms with van der Waals surface area (Å²) in [6.07, 6.45) is 4.79. The van der Waals surface area contributed by atoms with Gasteiger partial charge < -0.3 is 5.32 Å². The zero-order valence-electron chi connectivity index (χ0n) is 9.26. The summed E-state index contributed by atoms with van der Waals surface area (Å²) in [7, 11) is 0. The first-order valence-corrected chi connectivity index (χ1v) is 6.68. The smallest absolute Gasteiger partial charge is 0.0479 e. The van der Waals surface area contributed by atoms with Crippen LogP contribution >= 0.6 is 27.5 Å². The molecule has 86 valence electrons. The lowest BCUT2D eigenvalue weighted by molar-refractivity contribution is 0.736. The Morgan fingerprint density at radius 2 is 2.31 bits per heavy atom. The number of halogens is 2. The van der Waals surface area contributed by atoms with Gasteiger partial charge in [-0.1, -0.05) is 39.2 Å². The summed E-state index contributed by atoms with van der Waals surface area (Å²) in [6.45, 7) is 3.08. The van der Waals surface area contributed by atoms with E-state index < -0.39 is 0 Å². The molecule has 1 aliphatic carbocycles. The van der Waals surface area contributed by atoms with E-state index in [1.807, 2.05) is 18.2 Å². The summed E-state index contributed by atoms with van der Waals surface area (Å²) in [5.41, 5.74) is 2.39. The van der Waals surface area contributed by atoms with Gasteiger partial charge in [-0.15, -0.1) is 0 Å². The molecule has 1 saturated carbocycles. The molecular formula is C13H15BrClN. The molecule has 3 heteroatoms. The second-order valence-corrected chi connectivity index (χ2v) is 5.63. The molecular weight excluding hydrogens is 286 g/mol. The summed E-state index contributed by atoms with van der Waals surface area (Å²) >= 11 is 9.58. The highest BCUT2D eigenvalue weighted by atomic mass is 79.9. The van der Waals surface area contributed by atoms with Crippen molar-refractivity contribution in [2.45, 2.75) is 25.8 Å². The molecule has 16 heavy (non-hydrogen) atoms. The molecule has 0 unspecified atom stereocenters. The SMILES string of the molecule is C/C(=C/c1cc(Br)ccc1Cl)CNC1CC1. The first-order valence-electron chi connectivity index (χ1n) is 5.51. The van der Waals surface area contributed by atoms with Crippen LogP contribution in [0.15, 0.2) is 28.2 Å². The van der Waals surface area contributed by atoms with Crippen molar-refractivity contribution in [2.75, 3.05) is 6.54 Å². The zero-order valence-corrected chi connectivity index (χ0v) is 11.6. The van der Waals surface area contributed by atoms with Gasteiger partial charge in [-0.3, -0.25) is 0 Å². The van der Waals surface area contributed by atoms with Crippen LogP contribution in [0.3, 0.4) is 0 Å². The van der Waals surface area contributed by atoms with Crippen LogP contribution < -0.4 is 5.32 Å². The zero-order chi connectivity index (χ0) is 11.5. The van der Waals surface area contributed by atoms with E-state index in [4.69, 9.17) is 11.6 Å². The fraction of sp³-hybridized carbons (Fsp3) is 0.385. The van der Waals surface area contributed by atoms with Crippen LogP contribution in [-0.4, -0.2) is 12.6 Å². The molecule has 0 heterocycles. The molecule has 1 nitrogen and oxygen atoms in total. The van der Waals surface area contributed by atoms with Gasteiger partial charge in [0.25, 0.3) is 0 Å². The van der Waals surface area contributed by atoms with E-state index >= 15 is 0 Å². The summed E-state index contributed by atoms with van der Waals surface area (Å²) in [5.74, 6) is 0. The Morgan fingerprint density at radius 1 is 1.56 bits per heavy atom. The third-order valence-electron chi connectivity index (χ3n) is 2.61. The normalized spacial score (nSPS) is 16.6. The Bertz CT molecular complexity index is 410. The number of benzene rings is 1. The molecule has 0 aliphatic heterocycles. The van der Waals surface area contributed by atoms with Crippen molar-refractivity contribution in [1.29, 1.82) is 0 Å². The average molecular weight is 301 g/mol. The molecule has 0 saturated heterocycles. The van der Waals surface area contributed by atoms with Gasteiger partial charge in [0, 0.05) is 22.1 Å². The standard InChI is InChI=1S/C13H15BrClN/c1-9(8-16-12-3-4-12)6-10-7-11(14)2-5-13(10)15/h2,5-7,12,16H,3-4,8H2,1H3/b9-6-. The quantitative estimate of drug-likeness (QED) is 0.876. The maximum atomic E-state index is 6.13. The minimum absolute atomic E-state index is 0.751. The van der Waals surface area contributed by atoms with Gasteiger partial charge in [0.1, 0.15) is 0 Å². The minimum atomic E-state index is 0.751. The Morgan fingerprint density at radius 3 is 3.00 bits per heavy atom. The van der Waals surface area contributed by atoms with E-state index in [9.17, 15) is 0 Å². The molecule has 0 bridgehead atoms. The minimum Gasteiger partial charge on any atom is -0.310 e. The monoisotopic (exact) mass is 299 g/mol. The van der Waals surface area contributed by atoms with E-state index in [-0.39, 0.29) is 0 Å². The number of hydrogen-bond acceptors (Lipinski definition) is 1. The first-order chi connectivity index (χ1) is 7.65. The lowest BCUT2D eigenvalue weighted by atomic mass is 10.1. The number of rotatable bonds is 4. The average Bonchev–Trinajstić information content (AvgIpc) is 3.04. The van der Waals surface area contributed by atoms with Crippen LogP contribution in [0.25, 0.3) is 6.08 Å². The van der Waals surface area contributed by atoms with Crippen molar-refractivity contribution in [2.24, 2.45) is 0 Å². The summed E-state index contributed by atoms with van der Waals surface area (Å²) in [4.78, 5) is 0. The van der Waals surface area contributed by atoms with Crippen LogP contribution in [0.5, 0.6) is 0 Å². The van der Waals surface area contributed by atoms with Gasteiger partial charge in [-0.2, -0.15) is 0 Å². The van der Waals surface area contributed by atoms with Crippen LogP contribution in [0.4, 0.5) is 0 Å². The fourth-order valence-corrected chi connectivity index (χ4v) is 2.09. The molecule has 0 amide bonds. The van der Waals surface area contributed by atoms with E-state index in [2.05, 4.69) is 34.2 Å². The summed E-state index contributed by atoms with van der Waals surface area (Å²) in [6, 6.07) is 6.67. The highest BCUT2D eigenvalue weighted by Crippen LogP contribution is 2.23. The lowest BCUT2D eigenvalue weighted by Gasteiger charge is -2.05. The molecule has 1 aromatic carbocycles. The van der Waals surface area contributed by atoms with Crippen LogP contribution in [0.2, 0.25) is 5.02 Å². The van der Waals surface area contributed by atoms with Gasteiger partial charge in [-0.05, 0) is 43.5 Å². The van der Waals surface area contributed by atoms with E-state index in [0.29, 0.717) is 0 Å². The highest BCUT2D eigenvalue weighted by Gasteiger charge is 2.19. The Hall–Kier alpha value is -0.310. The maximum absolute atomic E-state index is 6.13. The second-order valence-electron chi connectivity index (χ2n) is 4.31. The van der Waals surface area contributed by atoms with Crippen molar-refractivity contribution < 1.29 is 0 Å². The lowest BCUT2D eigenvalue weighted by Crippen LogP contribution is -2.18. The molecule has 1 aliphatic rings. The second kappa shape index (κ2) is 5.35. The highest BCUT2D eigenvalue weighted by molar-refractivity contribution is 9.10. The fourth-order valence-electron chi connectivity index (χ4n) is 1.53. The van der Waals surface area contributed by atoms with Crippen LogP contribution in [0.1, 0.15) is 25.3 Å². The molecule has 2 rings (SSSR count). The topological polar surface area (TPSA) is 12.0 Å². The molecule has 0 aromatic heterocycles. The first kappa shape index (κ1) is 12.2. The Kier molecular flexibility index (Phi) is 4.06. The largest absolute Gasteiger partial charge is 0.310 e.